The first kappa shape index (κ1) is 45.6. The summed E-state index contributed by atoms with van der Waals surface area (Å²) in [7, 11) is -4.81. The predicted molar refractivity (Wildman–Crippen MR) is 186 cm³/mol. The zero-order valence-electron chi connectivity index (χ0n) is 29.8. The molecule has 0 atom stereocenters. The minimum atomic E-state index is -4.81. The zero-order chi connectivity index (χ0) is 33.7. The number of rotatable bonds is 29. The summed E-state index contributed by atoms with van der Waals surface area (Å²) >= 11 is 0. The fourth-order valence-corrected chi connectivity index (χ4v) is 5.62. The third-order valence-corrected chi connectivity index (χ3v) is 8.83. The third kappa shape index (κ3) is 24.4. The van der Waals surface area contributed by atoms with Gasteiger partial charge in [-0.15, -0.1) is 0 Å². The molecule has 0 bridgehead atoms. The molecule has 0 N–H and O–H groups in total. The number of hydrogen-bond donors (Lipinski definition) is 0. The first-order valence-corrected chi connectivity index (χ1v) is 19.5. The van der Waals surface area contributed by atoms with E-state index in [0.717, 1.165) is 69.6 Å². The van der Waals surface area contributed by atoms with Gasteiger partial charge in [0.1, 0.15) is 10.1 Å². The molecular formula is C38H61NaO7S. The van der Waals surface area contributed by atoms with Gasteiger partial charge in [0.25, 0.3) is 0 Å². The van der Waals surface area contributed by atoms with E-state index in [1.165, 1.54) is 77.0 Å². The Morgan fingerprint density at radius 3 is 1.34 bits per heavy atom. The van der Waals surface area contributed by atoms with Gasteiger partial charge in [0.15, 0.2) is 0 Å². The van der Waals surface area contributed by atoms with E-state index in [1.807, 2.05) is 0 Å². The molecule has 0 heterocycles. The molecule has 0 aromatic heterocycles. The van der Waals surface area contributed by atoms with Crippen LogP contribution in [0.5, 0.6) is 0 Å². The van der Waals surface area contributed by atoms with E-state index in [2.05, 4.69) is 38.2 Å². The van der Waals surface area contributed by atoms with Gasteiger partial charge < -0.3 is 14.0 Å². The molecule has 0 radical (unpaired) electrons. The summed E-state index contributed by atoms with van der Waals surface area (Å²) in [6, 6.07) is 3.10. The minimum absolute atomic E-state index is 0. The average molecular weight is 685 g/mol. The molecule has 0 aliphatic heterocycles. The first-order valence-electron chi connectivity index (χ1n) is 18.0. The summed E-state index contributed by atoms with van der Waals surface area (Å²) in [5.41, 5.74) is -0.354. The largest absolute Gasteiger partial charge is 1.00 e. The van der Waals surface area contributed by atoms with Crippen LogP contribution in [0.4, 0.5) is 0 Å². The van der Waals surface area contributed by atoms with E-state index >= 15 is 0 Å². The Bertz CT molecular complexity index is 1120. The van der Waals surface area contributed by atoms with Crippen LogP contribution in [0.25, 0.3) is 0 Å². The Kier molecular flexibility index (Phi) is 29.7. The summed E-state index contributed by atoms with van der Waals surface area (Å²) < 4.78 is 45.5. The molecule has 0 spiro atoms. The second kappa shape index (κ2) is 30.6. The molecule has 0 aliphatic rings. The molecule has 1 aromatic rings. The van der Waals surface area contributed by atoms with E-state index in [1.54, 1.807) is 0 Å². The van der Waals surface area contributed by atoms with Crippen molar-refractivity contribution in [2.45, 2.75) is 160 Å². The summed E-state index contributed by atoms with van der Waals surface area (Å²) in [5, 5.41) is 0. The summed E-state index contributed by atoms with van der Waals surface area (Å²) in [5.74, 6) is -1.56. The molecule has 9 heteroatoms. The van der Waals surface area contributed by atoms with E-state index < -0.39 is 27.0 Å². The van der Waals surface area contributed by atoms with Gasteiger partial charge in [-0.1, -0.05) is 128 Å². The molecular weight excluding hydrogens is 623 g/mol. The van der Waals surface area contributed by atoms with Gasteiger partial charge in [-0.05, 0) is 69.6 Å². The molecule has 262 valence electrons. The van der Waals surface area contributed by atoms with Gasteiger partial charge in [-0.2, -0.15) is 0 Å². The van der Waals surface area contributed by atoms with E-state index in [9.17, 15) is 22.6 Å². The molecule has 0 aliphatic carbocycles. The molecule has 0 amide bonds. The van der Waals surface area contributed by atoms with Gasteiger partial charge in [0.05, 0.1) is 29.2 Å². The zero-order valence-corrected chi connectivity index (χ0v) is 32.6. The number of unbranched alkanes of at least 4 members (excludes halogenated alkanes) is 18. The van der Waals surface area contributed by atoms with Crippen molar-refractivity contribution in [3.8, 4) is 0 Å². The summed E-state index contributed by atoms with van der Waals surface area (Å²) in [4.78, 5) is 25.0. The van der Waals surface area contributed by atoms with Gasteiger partial charge >= 0.3 is 41.5 Å². The number of benzene rings is 1. The van der Waals surface area contributed by atoms with Crippen molar-refractivity contribution >= 4 is 22.1 Å². The second-order valence-corrected chi connectivity index (χ2v) is 13.6. The van der Waals surface area contributed by atoms with Crippen LogP contribution in [0, 0.1) is 0 Å². The monoisotopic (exact) mass is 684 g/mol. The second-order valence-electron chi connectivity index (χ2n) is 12.2. The maximum absolute atomic E-state index is 12.8. The van der Waals surface area contributed by atoms with E-state index in [4.69, 9.17) is 9.47 Å². The van der Waals surface area contributed by atoms with E-state index in [-0.39, 0.29) is 53.9 Å². The predicted octanol–water partition coefficient (Wildman–Crippen LogP) is 7.64. The minimum Gasteiger partial charge on any atom is -0.744 e. The smallest absolute Gasteiger partial charge is 0.744 e. The fraction of sp³-hybridized carbons (Fsp3) is 0.684. The van der Waals surface area contributed by atoms with Gasteiger partial charge in [0.2, 0.25) is 0 Å². The fourth-order valence-electron chi connectivity index (χ4n) is 5.12. The first-order chi connectivity index (χ1) is 22.3. The summed E-state index contributed by atoms with van der Waals surface area (Å²) in [6.07, 6.45) is 33.6. The molecule has 47 heavy (non-hydrogen) atoms. The van der Waals surface area contributed by atoms with Crippen molar-refractivity contribution in [2.24, 2.45) is 0 Å². The molecule has 7 nitrogen and oxygen atoms in total. The van der Waals surface area contributed by atoms with Gasteiger partial charge in [-0.3, -0.25) is 0 Å². The SMILES string of the molecule is CCCC/C=C/CCCCCCCCCOC(=O)c1ccc(S(=O)(=O)[O-])cc1C(=O)OCCCCCCCCC/C=C/CCCC.[Na+]. The van der Waals surface area contributed by atoms with Crippen LogP contribution >= 0.6 is 0 Å². The van der Waals surface area contributed by atoms with Crippen LogP contribution < -0.4 is 29.6 Å². The molecule has 0 fully saturated rings. The molecule has 1 aromatic carbocycles. The third-order valence-electron chi connectivity index (χ3n) is 8.00. The van der Waals surface area contributed by atoms with Crippen LogP contribution in [0.3, 0.4) is 0 Å². The van der Waals surface area contributed by atoms with Crippen molar-refractivity contribution < 1.29 is 61.6 Å². The Morgan fingerprint density at radius 2 is 0.936 bits per heavy atom. The number of ether oxygens (including phenoxy) is 2. The van der Waals surface area contributed by atoms with Crippen molar-refractivity contribution in [1.82, 2.24) is 0 Å². The normalized spacial score (nSPS) is 11.6. The molecule has 0 unspecified atom stereocenters. The molecule has 0 saturated heterocycles. The standard InChI is InChI=1S/C38H62O7S.Na/c1-3-5-7-9-11-13-15-17-19-21-23-25-27-31-44-37(39)35-30-29-34(46(41,42)43)33-36(35)38(40)45-32-28-26-24-22-20-18-16-14-12-10-8-6-4-2;/h9-12,29-30,33H,3-8,13-28,31-32H2,1-2H3,(H,41,42,43);/q;+1/p-1/b11-9+,12-10+;. The molecule has 0 saturated carbocycles. The Hall–Kier alpha value is -1.45. The van der Waals surface area contributed by atoms with Crippen LogP contribution in [-0.4, -0.2) is 38.1 Å². The van der Waals surface area contributed by atoms with Crippen LogP contribution in [0.2, 0.25) is 0 Å². The number of hydrogen-bond acceptors (Lipinski definition) is 7. The number of esters is 2. The topological polar surface area (TPSA) is 110 Å². The van der Waals surface area contributed by atoms with Crippen molar-refractivity contribution in [1.29, 1.82) is 0 Å². The Morgan fingerprint density at radius 1 is 0.574 bits per heavy atom. The average Bonchev–Trinajstić information content (AvgIpc) is 3.04. The Labute approximate surface area is 308 Å². The molecule has 1 rings (SSSR count). The number of carbonyl (C=O) groups excluding carboxylic acids is 2. The van der Waals surface area contributed by atoms with Gasteiger partial charge in [-0.25, -0.2) is 18.0 Å². The van der Waals surface area contributed by atoms with Crippen LogP contribution in [0.15, 0.2) is 47.4 Å². The Balaban J connectivity index is 0.0000212. The number of allylic oxidation sites excluding steroid dienone is 4. The van der Waals surface area contributed by atoms with Crippen molar-refractivity contribution in [3.63, 3.8) is 0 Å². The quantitative estimate of drug-likeness (QED) is 0.0280. The van der Waals surface area contributed by atoms with E-state index in [0.29, 0.717) is 12.8 Å². The number of carbonyl (C=O) groups is 2. The van der Waals surface area contributed by atoms with Crippen molar-refractivity contribution in [2.75, 3.05) is 13.2 Å². The van der Waals surface area contributed by atoms with Gasteiger partial charge in [0, 0.05) is 0 Å². The van der Waals surface area contributed by atoms with Crippen LogP contribution in [-0.2, 0) is 19.6 Å². The summed E-state index contributed by atoms with van der Waals surface area (Å²) in [6.45, 7) is 4.77. The van der Waals surface area contributed by atoms with Crippen molar-refractivity contribution in [3.05, 3.63) is 53.6 Å². The maximum Gasteiger partial charge on any atom is 1.00 e. The maximum atomic E-state index is 12.8. The van der Waals surface area contributed by atoms with Crippen LogP contribution in [0.1, 0.15) is 176 Å².